The van der Waals surface area contributed by atoms with Crippen molar-refractivity contribution in [1.29, 1.82) is 0 Å². The number of nitrogens with zero attached hydrogens (tertiary/aromatic N) is 2. The summed E-state index contributed by atoms with van der Waals surface area (Å²) < 4.78 is 5.42. The second kappa shape index (κ2) is 11.9. The highest BCUT2D eigenvalue weighted by Gasteiger charge is 2.19. The van der Waals surface area contributed by atoms with Gasteiger partial charge >= 0.3 is 0 Å². The second-order valence-corrected chi connectivity index (χ2v) is 7.43. The summed E-state index contributed by atoms with van der Waals surface area (Å²) in [5.74, 6) is 1.90. The van der Waals surface area contributed by atoms with Crippen LogP contribution in [0, 0.1) is 6.92 Å². The zero-order valence-electron chi connectivity index (χ0n) is 17.7. The average molecular weight is 375 g/mol. The van der Waals surface area contributed by atoms with Crippen molar-refractivity contribution in [3.8, 4) is 5.75 Å². The smallest absolute Gasteiger partial charge is 0.191 e. The molecule has 2 N–H and O–H groups in total. The molecule has 0 unspecified atom stereocenters. The van der Waals surface area contributed by atoms with E-state index in [2.05, 4.69) is 54.5 Å². The van der Waals surface area contributed by atoms with Gasteiger partial charge in [-0.05, 0) is 63.3 Å². The lowest BCUT2D eigenvalue weighted by molar-refractivity contribution is 0.203. The zero-order chi connectivity index (χ0) is 19.5. The quantitative estimate of drug-likeness (QED) is 0.514. The van der Waals surface area contributed by atoms with Gasteiger partial charge in [0, 0.05) is 32.2 Å². The van der Waals surface area contributed by atoms with Gasteiger partial charge in [-0.25, -0.2) is 0 Å². The van der Waals surface area contributed by atoms with E-state index in [9.17, 15) is 0 Å². The van der Waals surface area contributed by atoms with Crippen LogP contribution in [0.1, 0.15) is 50.7 Å². The van der Waals surface area contributed by atoms with Gasteiger partial charge in [0.25, 0.3) is 0 Å². The first-order chi connectivity index (χ1) is 13.2. The molecule has 2 rings (SSSR count). The van der Waals surface area contributed by atoms with Crippen molar-refractivity contribution in [1.82, 2.24) is 15.5 Å². The molecule has 1 heterocycles. The number of guanidine groups is 1. The van der Waals surface area contributed by atoms with Gasteiger partial charge < -0.3 is 20.3 Å². The minimum absolute atomic E-state index is 0.528. The molecule has 1 aliphatic rings. The molecule has 0 aliphatic carbocycles. The lowest BCUT2D eigenvalue weighted by Gasteiger charge is -2.33. The van der Waals surface area contributed by atoms with Crippen LogP contribution in [0.25, 0.3) is 0 Å². The minimum Gasteiger partial charge on any atom is -0.496 e. The Kier molecular flexibility index (Phi) is 9.46. The molecule has 0 spiro atoms. The van der Waals surface area contributed by atoms with E-state index in [0.717, 1.165) is 31.2 Å². The van der Waals surface area contributed by atoms with Gasteiger partial charge in [0.15, 0.2) is 5.96 Å². The van der Waals surface area contributed by atoms with E-state index in [-0.39, 0.29) is 0 Å². The van der Waals surface area contributed by atoms with Crippen molar-refractivity contribution in [2.75, 3.05) is 39.8 Å². The van der Waals surface area contributed by atoms with Crippen molar-refractivity contribution >= 4 is 5.96 Å². The molecule has 1 fully saturated rings. The Balaban J connectivity index is 1.82. The fourth-order valence-electron chi connectivity index (χ4n) is 3.51. The van der Waals surface area contributed by atoms with Crippen LogP contribution in [0.3, 0.4) is 0 Å². The number of likely N-dealkylation sites (tertiary alicyclic amines) is 1. The predicted octanol–water partition coefficient (Wildman–Crippen LogP) is 3.37. The third kappa shape index (κ3) is 7.41. The van der Waals surface area contributed by atoms with Crippen molar-refractivity contribution in [3.63, 3.8) is 0 Å². The Morgan fingerprint density at radius 3 is 2.70 bits per heavy atom. The van der Waals surface area contributed by atoms with Crippen molar-refractivity contribution in [2.45, 2.75) is 58.9 Å². The van der Waals surface area contributed by atoms with Gasteiger partial charge in [0.1, 0.15) is 5.75 Å². The highest BCUT2D eigenvalue weighted by Crippen LogP contribution is 2.19. The largest absolute Gasteiger partial charge is 0.496 e. The molecule has 1 aromatic rings. The molecule has 0 aromatic heterocycles. The molecular weight excluding hydrogens is 336 g/mol. The lowest BCUT2D eigenvalue weighted by Crippen LogP contribution is -2.48. The van der Waals surface area contributed by atoms with E-state index < -0.39 is 0 Å². The van der Waals surface area contributed by atoms with Crippen LogP contribution < -0.4 is 15.4 Å². The SMILES string of the molecule is CCCCN1CCC(NC(=NCCc2ccc(C)c(OC)c2)NCC)CC1. The number of aliphatic imine (C=N–C) groups is 1. The molecular formula is C22H38N4O. The second-order valence-electron chi connectivity index (χ2n) is 7.43. The average Bonchev–Trinajstić information content (AvgIpc) is 2.69. The highest BCUT2D eigenvalue weighted by atomic mass is 16.5. The fourth-order valence-corrected chi connectivity index (χ4v) is 3.51. The summed E-state index contributed by atoms with van der Waals surface area (Å²) >= 11 is 0. The topological polar surface area (TPSA) is 48.9 Å². The Labute approximate surface area is 165 Å². The normalized spacial score (nSPS) is 16.4. The number of unbranched alkanes of at least 4 members (excludes halogenated alkanes) is 1. The van der Waals surface area contributed by atoms with E-state index in [1.807, 2.05) is 0 Å². The van der Waals surface area contributed by atoms with Crippen LogP contribution in [0.5, 0.6) is 5.75 Å². The van der Waals surface area contributed by atoms with E-state index in [4.69, 9.17) is 9.73 Å². The van der Waals surface area contributed by atoms with Crippen LogP contribution >= 0.6 is 0 Å². The van der Waals surface area contributed by atoms with Crippen LogP contribution in [-0.4, -0.2) is 56.7 Å². The maximum absolute atomic E-state index is 5.42. The zero-order valence-corrected chi connectivity index (χ0v) is 17.7. The Hall–Kier alpha value is -1.75. The summed E-state index contributed by atoms with van der Waals surface area (Å²) in [6.45, 7) is 11.8. The van der Waals surface area contributed by atoms with Crippen LogP contribution in [0.2, 0.25) is 0 Å². The molecule has 0 amide bonds. The summed E-state index contributed by atoms with van der Waals surface area (Å²) in [6, 6.07) is 6.94. The molecule has 0 atom stereocenters. The number of aryl methyl sites for hydroxylation is 1. The number of rotatable bonds is 9. The molecule has 27 heavy (non-hydrogen) atoms. The Morgan fingerprint density at radius 1 is 1.26 bits per heavy atom. The van der Waals surface area contributed by atoms with Gasteiger partial charge in [-0.15, -0.1) is 0 Å². The van der Waals surface area contributed by atoms with E-state index in [1.54, 1.807) is 7.11 Å². The van der Waals surface area contributed by atoms with Crippen molar-refractivity contribution < 1.29 is 4.74 Å². The first-order valence-electron chi connectivity index (χ1n) is 10.6. The molecule has 5 nitrogen and oxygen atoms in total. The predicted molar refractivity (Wildman–Crippen MR) is 115 cm³/mol. The molecule has 0 radical (unpaired) electrons. The molecule has 1 saturated heterocycles. The standard InChI is InChI=1S/C22H38N4O/c1-5-7-14-26-15-11-20(12-16-26)25-22(23-6-2)24-13-10-19-9-8-18(3)21(17-19)27-4/h8-9,17,20H,5-7,10-16H2,1-4H3,(H2,23,24,25). The van der Waals surface area contributed by atoms with Gasteiger partial charge in [-0.2, -0.15) is 0 Å². The molecule has 5 heteroatoms. The lowest BCUT2D eigenvalue weighted by atomic mass is 10.0. The Morgan fingerprint density at radius 2 is 2.04 bits per heavy atom. The first-order valence-corrected chi connectivity index (χ1v) is 10.6. The van der Waals surface area contributed by atoms with Crippen LogP contribution in [-0.2, 0) is 6.42 Å². The maximum atomic E-state index is 5.42. The fraction of sp³-hybridized carbons (Fsp3) is 0.682. The molecule has 0 saturated carbocycles. The van der Waals surface area contributed by atoms with Crippen molar-refractivity contribution in [2.24, 2.45) is 4.99 Å². The monoisotopic (exact) mass is 374 g/mol. The first kappa shape index (κ1) is 21.5. The highest BCUT2D eigenvalue weighted by molar-refractivity contribution is 5.80. The summed E-state index contributed by atoms with van der Waals surface area (Å²) in [6.07, 6.45) is 5.91. The van der Waals surface area contributed by atoms with Crippen LogP contribution in [0.4, 0.5) is 0 Å². The molecule has 1 aromatic carbocycles. The van der Waals surface area contributed by atoms with Crippen molar-refractivity contribution in [3.05, 3.63) is 29.3 Å². The number of piperidine rings is 1. The van der Waals surface area contributed by atoms with Gasteiger partial charge in [-0.3, -0.25) is 4.99 Å². The third-order valence-electron chi connectivity index (χ3n) is 5.24. The summed E-state index contributed by atoms with van der Waals surface area (Å²) in [7, 11) is 1.73. The molecule has 152 valence electrons. The van der Waals surface area contributed by atoms with E-state index in [1.165, 1.54) is 56.4 Å². The van der Waals surface area contributed by atoms with Crippen LogP contribution in [0.15, 0.2) is 23.2 Å². The summed E-state index contributed by atoms with van der Waals surface area (Å²) in [5.41, 5.74) is 2.44. The number of methoxy groups -OCH3 is 1. The third-order valence-corrected chi connectivity index (χ3v) is 5.24. The summed E-state index contributed by atoms with van der Waals surface area (Å²) in [4.78, 5) is 7.38. The van der Waals surface area contributed by atoms with Gasteiger partial charge in [0.2, 0.25) is 0 Å². The Bertz CT molecular complexity index is 580. The molecule has 1 aliphatic heterocycles. The number of hydrogen-bond donors (Lipinski definition) is 2. The minimum atomic E-state index is 0.528. The number of ether oxygens (including phenoxy) is 1. The molecule has 0 bridgehead atoms. The number of nitrogens with one attached hydrogen (secondary N) is 2. The van der Waals surface area contributed by atoms with E-state index in [0.29, 0.717) is 6.04 Å². The van der Waals surface area contributed by atoms with Gasteiger partial charge in [-0.1, -0.05) is 25.5 Å². The summed E-state index contributed by atoms with van der Waals surface area (Å²) in [5, 5.41) is 7.03. The van der Waals surface area contributed by atoms with Gasteiger partial charge in [0.05, 0.1) is 7.11 Å². The maximum Gasteiger partial charge on any atom is 0.191 e. The number of hydrogen-bond acceptors (Lipinski definition) is 3. The number of benzene rings is 1. The van der Waals surface area contributed by atoms with E-state index >= 15 is 0 Å².